The van der Waals surface area contributed by atoms with E-state index in [-0.39, 0.29) is 11.7 Å². The fraction of sp³-hybridized carbons (Fsp3) is 0.435. The zero-order chi connectivity index (χ0) is 24.7. The van der Waals surface area contributed by atoms with Gasteiger partial charge in [-0.05, 0) is 45.4 Å². The summed E-state index contributed by atoms with van der Waals surface area (Å²) in [6.45, 7) is 8.67. The van der Waals surface area contributed by atoms with Crippen LogP contribution in [0.5, 0.6) is 0 Å². The van der Waals surface area contributed by atoms with Crippen molar-refractivity contribution in [2.45, 2.75) is 33.3 Å². The maximum absolute atomic E-state index is 12.9. The van der Waals surface area contributed by atoms with Crippen LogP contribution in [-0.2, 0) is 15.6 Å². The summed E-state index contributed by atoms with van der Waals surface area (Å²) >= 11 is 0. The van der Waals surface area contributed by atoms with Crippen LogP contribution in [0, 0.1) is 6.92 Å². The number of anilines is 2. The van der Waals surface area contributed by atoms with Crippen molar-refractivity contribution in [3.8, 4) is 0 Å². The van der Waals surface area contributed by atoms with Crippen molar-refractivity contribution in [1.29, 1.82) is 0 Å². The molecule has 182 valence electrons. The molecule has 1 aliphatic rings. The van der Waals surface area contributed by atoms with Gasteiger partial charge in [0.15, 0.2) is 5.65 Å². The van der Waals surface area contributed by atoms with E-state index in [1.54, 1.807) is 55.6 Å². The maximum Gasteiger partial charge on any atom is 0.256 e. The van der Waals surface area contributed by atoms with Crippen LogP contribution in [0.1, 0.15) is 42.4 Å². The Bertz CT molecular complexity index is 1300. The number of aryl methyl sites for hydroxylation is 1. The second kappa shape index (κ2) is 8.97. The molecule has 1 amide bonds. The SMILES string of the molecule is CCS(=O)(=O)N1CCN(c2cc(NC(=O)c3ccc(C(C)(C)O)cc3)nc3cc(C)nn23)CC1. The Hall–Kier alpha value is -3.02. The third kappa shape index (κ3) is 4.91. The van der Waals surface area contributed by atoms with E-state index >= 15 is 0 Å². The van der Waals surface area contributed by atoms with Crippen molar-refractivity contribution in [3.63, 3.8) is 0 Å². The predicted molar refractivity (Wildman–Crippen MR) is 131 cm³/mol. The number of hydrogen-bond acceptors (Lipinski definition) is 7. The molecule has 10 nitrogen and oxygen atoms in total. The van der Waals surface area contributed by atoms with Gasteiger partial charge < -0.3 is 15.3 Å². The second-order valence-corrected chi connectivity index (χ2v) is 11.2. The molecule has 1 fully saturated rings. The topological polar surface area (TPSA) is 120 Å². The predicted octanol–water partition coefficient (Wildman–Crippen LogP) is 1.99. The smallest absolute Gasteiger partial charge is 0.256 e. The average Bonchev–Trinajstić information content (AvgIpc) is 3.18. The number of rotatable bonds is 6. The zero-order valence-corrected chi connectivity index (χ0v) is 20.6. The summed E-state index contributed by atoms with van der Waals surface area (Å²) < 4.78 is 27.7. The van der Waals surface area contributed by atoms with Crippen molar-refractivity contribution < 1.29 is 18.3 Å². The zero-order valence-electron chi connectivity index (χ0n) is 19.8. The Balaban J connectivity index is 1.58. The highest BCUT2D eigenvalue weighted by Gasteiger charge is 2.27. The first-order valence-electron chi connectivity index (χ1n) is 11.2. The van der Waals surface area contributed by atoms with E-state index < -0.39 is 15.6 Å². The Morgan fingerprint density at radius 3 is 2.35 bits per heavy atom. The highest BCUT2D eigenvalue weighted by atomic mass is 32.2. The molecule has 1 aliphatic heterocycles. The standard InChI is InChI=1S/C23H30N6O4S/c1-5-34(32,33)28-12-10-27(11-13-28)21-15-19(24-20-14-16(2)26-29(20)21)25-22(30)17-6-8-18(9-7-17)23(3,4)31/h6-9,14-15,31H,5,10-13H2,1-4H3,(H,24,25,30). The van der Waals surface area contributed by atoms with Gasteiger partial charge in [0, 0.05) is 43.9 Å². The lowest BCUT2D eigenvalue weighted by molar-refractivity contribution is 0.0785. The molecular formula is C23H30N6O4S. The summed E-state index contributed by atoms with van der Waals surface area (Å²) in [5, 5.41) is 17.5. The van der Waals surface area contributed by atoms with Gasteiger partial charge in [-0.15, -0.1) is 0 Å². The fourth-order valence-electron chi connectivity index (χ4n) is 3.96. The molecule has 4 rings (SSSR count). The number of carbonyl (C=O) groups excluding carboxylic acids is 1. The summed E-state index contributed by atoms with van der Waals surface area (Å²) in [5.74, 6) is 0.875. The minimum atomic E-state index is -3.23. The lowest BCUT2D eigenvalue weighted by Gasteiger charge is -2.35. The van der Waals surface area contributed by atoms with Crippen molar-refractivity contribution >= 4 is 33.2 Å². The summed E-state index contributed by atoms with van der Waals surface area (Å²) in [5.41, 5.74) is 1.54. The molecule has 0 aliphatic carbocycles. The summed E-state index contributed by atoms with van der Waals surface area (Å²) in [6, 6.07) is 10.4. The number of amides is 1. The van der Waals surface area contributed by atoms with Crippen LogP contribution in [0.15, 0.2) is 36.4 Å². The van der Waals surface area contributed by atoms with Gasteiger partial charge in [0.05, 0.1) is 17.0 Å². The van der Waals surface area contributed by atoms with E-state index in [2.05, 4.69) is 20.3 Å². The summed E-state index contributed by atoms with van der Waals surface area (Å²) in [4.78, 5) is 19.5. The fourth-order valence-corrected chi connectivity index (χ4v) is 5.04. The van der Waals surface area contributed by atoms with Crippen LogP contribution in [0.25, 0.3) is 5.65 Å². The second-order valence-electron chi connectivity index (χ2n) is 8.93. The van der Waals surface area contributed by atoms with Gasteiger partial charge in [0.25, 0.3) is 5.91 Å². The van der Waals surface area contributed by atoms with E-state index in [0.717, 1.165) is 11.5 Å². The van der Waals surface area contributed by atoms with Crippen molar-refractivity contribution in [2.24, 2.45) is 0 Å². The van der Waals surface area contributed by atoms with Crippen molar-refractivity contribution in [1.82, 2.24) is 18.9 Å². The molecule has 2 aromatic heterocycles. The van der Waals surface area contributed by atoms with Crippen LogP contribution >= 0.6 is 0 Å². The van der Waals surface area contributed by atoms with E-state index in [0.29, 0.717) is 48.8 Å². The van der Waals surface area contributed by atoms with Gasteiger partial charge in [-0.25, -0.2) is 13.4 Å². The molecule has 1 saturated heterocycles. The molecule has 0 saturated carbocycles. The number of fused-ring (bicyclic) bond motifs is 1. The number of hydrogen-bond donors (Lipinski definition) is 2. The molecule has 34 heavy (non-hydrogen) atoms. The molecule has 3 aromatic rings. The molecule has 0 bridgehead atoms. The number of sulfonamides is 1. The van der Waals surface area contributed by atoms with Crippen LogP contribution < -0.4 is 10.2 Å². The maximum atomic E-state index is 12.9. The minimum absolute atomic E-state index is 0.0812. The lowest BCUT2D eigenvalue weighted by atomic mass is 9.97. The normalized spacial score (nSPS) is 15.6. The quantitative estimate of drug-likeness (QED) is 0.547. The molecule has 11 heteroatoms. The molecule has 2 N–H and O–H groups in total. The number of aromatic nitrogens is 3. The van der Waals surface area contributed by atoms with Crippen LogP contribution in [0.2, 0.25) is 0 Å². The highest BCUT2D eigenvalue weighted by molar-refractivity contribution is 7.89. The monoisotopic (exact) mass is 486 g/mol. The largest absolute Gasteiger partial charge is 0.386 e. The molecule has 0 spiro atoms. The highest BCUT2D eigenvalue weighted by Crippen LogP contribution is 2.24. The first kappa shape index (κ1) is 24.1. The molecule has 0 atom stereocenters. The van der Waals surface area contributed by atoms with Crippen molar-refractivity contribution in [2.75, 3.05) is 42.1 Å². The van der Waals surface area contributed by atoms with E-state index in [4.69, 9.17) is 0 Å². The number of aliphatic hydroxyl groups is 1. The number of nitrogens with zero attached hydrogens (tertiary/aromatic N) is 5. The molecule has 1 aromatic carbocycles. The van der Waals surface area contributed by atoms with Crippen LogP contribution in [0.3, 0.4) is 0 Å². The number of piperazine rings is 1. The van der Waals surface area contributed by atoms with Gasteiger partial charge in [-0.2, -0.15) is 13.9 Å². The molecule has 0 unspecified atom stereocenters. The number of carbonyl (C=O) groups is 1. The Labute approximate surface area is 199 Å². The van der Waals surface area contributed by atoms with Gasteiger partial charge in [-0.3, -0.25) is 4.79 Å². The van der Waals surface area contributed by atoms with Crippen LogP contribution in [-0.4, -0.2) is 70.3 Å². The van der Waals surface area contributed by atoms with E-state index in [9.17, 15) is 18.3 Å². The summed E-state index contributed by atoms with van der Waals surface area (Å²) in [7, 11) is -3.23. The lowest BCUT2D eigenvalue weighted by Crippen LogP contribution is -2.49. The van der Waals surface area contributed by atoms with E-state index in [1.807, 2.05) is 13.0 Å². The third-order valence-corrected chi connectivity index (χ3v) is 7.83. The third-order valence-electron chi connectivity index (χ3n) is 5.95. The van der Waals surface area contributed by atoms with Crippen LogP contribution in [0.4, 0.5) is 11.6 Å². The summed E-state index contributed by atoms with van der Waals surface area (Å²) in [6.07, 6.45) is 0. The molecule has 0 radical (unpaired) electrons. The van der Waals surface area contributed by atoms with Gasteiger partial charge in [0.2, 0.25) is 10.0 Å². The van der Waals surface area contributed by atoms with Gasteiger partial charge >= 0.3 is 0 Å². The Morgan fingerprint density at radius 2 is 1.76 bits per heavy atom. The van der Waals surface area contributed by atoms with Gasteiger partial charge in [-0.1, -0.05) is 12.1 Å². The van der Waals surface area contributed by atoms with Gasteiger partial charge in [0.1, 0.15) is 11.6 Å². The van der Waals surface area contributed by atoms with E-state index in [1.165, 1.54) is 4.31 Å². The number of nitrogens with one attached hydrogen (secondary N) is 1. The first-order chi connectivity index (χ1) is 16.0. The number of benzene rings is 1. The molecule has 3 heterocycles. The Kier molecular flexibility index (Phi) is 6.36. The Morgan fingerprint density at radius 1 is 1.12 bits per heavy atom. The first-order valence-corrected chi connectivity index (χ1v) is 12.8. The van der Waals surface area contributed by atoms with Crippen molar-refractivity contribution in [3.05, 3.63) is 53.2 Å². The minimum Gasteiger partial charge on any atom is -0.386 e. The average molecular weight is 487 g/mol. The molecular weight excluding hydrogens is 456 g/mol.